The molecule has 3 unspecified atom stereocenters. The van der Waals surface area contributed by atoms with Gasteiger partial charge in [-0.3, -0.25) is 4.79 Å². The Morgan fingerprint density at radius 2 is 2.09 bits per heavy atom. The molecule has 0 radical (unpaired) electrons. The maximum absolute atomic E-state index is 11.6. The van der Waals surface area contributed by atoms with Gasteiger partial charge in [-0.2, -0.15) is 0 Å². The van der Waals surface area contributed by atoms with Crippen molar-refractivity contribution in [1.82, 2.24) is 0 Å². The number of rotatable bonds is 3. The molecule has 7 atom stereocenters. The summed E-state index contributed by atoms with van der Waals surface area (Å²) in [5.74, 6) is 0.228. The van der Waals surface area contributed by atoms with Crippen LogP contribution < -0.4 is 0 Å². The SMILES string of the molecule is CC1OCC([C@@H]2[C@H]3CC(=O)O[C@H]3C[C@H]2OC2CCCCO2)O1. The van der Waals surface area contributed by atoms with Crippen molar-refractivity contribution in [3.05, 3.63) is 0 Å². The normalized spacial score (nSPS) is 48.4. The molecular weight excluding hydrogens is 288 g/mol. The number of hydrogen-bond donors (Lipinski definition) is 0. The molecule has 0 aromatic heterocycles. The van der Waals surface area contributed by atoms with Crippen molar-refractivity contribution >= 4 is 5.97 Å². The molecule has 0 N–H and O–H groups in total. The molecule has 22 heavy (non-hydrogen) atoms. The number of fused-ring (bicyclic) bond motifs is 1. The minimum atomic E-state index is -0.186. The predicted molar refractivity (Wildman–Crippen MR) is 74.8 cm³/mol. The Labute approximate surface area is 130 Å². The molecule has 1 saturated carbocycles. The minimum absolute atomic E-state index is 0.0186. The van der Waals surface area contributed by atoms with Gasteiger partial charge in [0.1, 0.15) is 6.10 Å². The molecule has 0 amide bonds. The van der Waals surface area contributed by atoms with Crippen molar-refractivity contribution in [2.75, 3.05) is 13.2 Å². The average molecular weight is 312 g/mol. The van der Waals surface area contributed by atoms with Gasteiger partial charge in [-0.1, -0.05) is 0 Å². The lowest BCUT2D eigenvalue weighted by atomic mass is 9.87. The highest BCUT2D eigenvalue weighted by Gasteiger charge is 2.55. The van der Waals surface area contributed by atoms with Crippen molar-refractivity contribution in [2.24, 2.45) is 11.8 Å². The molecule has 1 aliphatic carbocycles. The molecule has 124 valence electrons. The van der Waals surface area contributed by atoms with Crippen LogP contribution in [-0.4, -0.2) is 50.1 Å². The third-order valence-corrected chi connectivity index (χ3v) is 5.31. The monoisotopic (exact) mass is 312 g/mol. The summed E-state index contributed by atoms with van der Waals surface area (Å²) in [4.78, 5) is 11.6. The molecule has 0 aromatic carbocycles. The number of esters is 1. The zero-order valence-electron chi connectivity index (χ0n) is 12.9. The topological polar surface area (TPSA) is 63.2 Å². The largest absolute Gasteiger partial charge is 0.462 e. The Bertz CT molecular complexity index is 421. The van der Waals surface area contributed by atoms with Crippen LogP contribution >= 0.6 is 0 Å². The van der Waals surface area contributed by atoms with Crippen molar-refractivity contribution in [1.29, 1.82) is 0 Å². The van der Waals surface area contributed by atoms with Crippen molar-refractivity contribution in [3.8, 4) is 0 Å². The van der Waals surface area contributed by atoms with Crippen LogP contribution in [0.3, 0.4) is 0 Å². The Hall–Kier alpha value is -0.690. The molecule has 0 spiro atoms. The quantitative estimate of drug-likeness (QED) is 0.738. The average Bonchev–Trinajstić information content (AvgIpc) is 3.14. The van der Waals surface area contributed by atoms with E-state index in [-0.39, 0.29) is 48.7 Å². The van der Waals surface area contributed by atoms with Crippen molar-refractivity contribution < 1.29 is 28.5 Å². The van der Waals surface area contributed by atoms with Crippen molar-refractivity contribution in [3.63, 3.8) is 0 Å². The van der Waals surface area contributed by atoms with E-state index in [9.17, 15) is 4.79 Å². The molecule has 3 aliphatic heterocycles. The van der Waals surface area contributed by atoms with E-state index < -0.39 is 0 Å². The van der Waals surface area contributed by atoms with Gasteiger partial charge in [0, 0.05) is 24.9 Å². The van der Waals surface area contributed by atoms with E-state index in [2.05, 4.69) is 0 Å². The summed E-state index contributed by atoms with van der Waals surface area (Å²) in [6.07, 6.45) is 4.05. The highest BCUT2D eigenvalue weighted by molar-refractivity contribution is 5.72. The molecule has 4 aliphatic rings. The fourth-order valence-corrected chi connectivity index (χ4v) is 4.33. The highest BCUT2D eigenvalue weighted by Crippen LogP contribution is 2.46. The molecule has 3 saturated heterocycles. The van der Waals surface area contributed by atoms with Crippen LogP contribution in [0, 0.1) is 11.8 Å². The lowest BCUT2D eigenvalue weighted by molar-refractivity contribution is -0.204. The van der Waals surface area contributed by atoms with Gasteiger partial charge < -0.3 is 23.7 Å². The van der Waals surface area contributed by atoms with Crippen LogP contribution in [0.25, 0.3) is 0 Å². The first-order valence-corrected chi connectivity index (χ1v) is 8.44. The van der Waals surface area contributed by atoms with Crippen LogP contribution in [0.2, 0.25) is 0 Å². The smallest absolute Gasteiger partial charge is 0.306 e. The second-order valence-corrected chi connectivity index (χ2v) is 6.76. The Kier molecular flexibility index (Phi) is 4.11. The number of ether oxygens (including phenoxy) is 5. The third kappa shape index (κ3) is 2.77. The Morgan fingerprint density at radius 3 is 2.82 bits per heavy atom. The first-order valence-electron chi connectivity index (χ1n) is 8.44. The highest BCUT2D eigenvalue weighted by atomic mass is 16.7. The molecule has 6 nitrogen and oxygen atoms in total. The first-order chi connectivity index (χ1) is 10.7. The first kappa shape index (κ1) is 14.9. The number of carbonyl (C=O) groups excluding carboxylic acids is 1. The third-order valence-electron chi connectivity index (χ3n) is 5.31. The van der Waals surface area contributed by atoms with E-state index in [1.165, 1.54) is 0 Å². The summed E-state index contributed by atoms with van der Waals surface area (Å²) in [7, 11) is 0. The fraction of sp³-hybridized carbons (Fsp3) is 0.938. The van der Waals surface area contributed by atoms with Gasteiger partial charge in [0.2, 0.25) is 0 Å². The van der Waals surface area contributed by atoms with Crippen LogP contribution in [0.4, 0.5) is 0 Å². The maximum Gasteiger partial charge on any atom is 0.306 e. The van der Waals surface area contributed by atoms with Gasteiger partial charge in [0.05, 0.1) is 25.2 Å². The molecule has 3 heterocycles. The minimum Gasteiger partial charge on any atom is -0.462 e. The van der Waals surface area contributed by atoms with Gasteiger partial charge in [0.15, 0.2) is 12.6 Å². The second kappa shape index (κ2) is 6.07. The van der Waals surface area contributed by atoms with E-state index in [0.717, 1.165) is 32.3 Å². The zero-order valence-corrected chi connectivity index (χ0v) is 12.9. The fourth-order valence-electron chi connectivity index (χ4n) is 4.33. The van der Waals surface area contributed by atoms with Crippen molar-refractivity contribution in [2.45, 2.75) is 69.9 Å². The molecule has 6 heteroatoms. The lowest BCUT2D eigenvalue weighted by Crippen LogP contribution is -2.38. The number of hydrogen-bond acceptors (Lipinski definition) is 6. The van der Waals surface area contributed by atoms with Gasteiger partial charge in [0.25, 0.3) is 0 Å². The maximum atomic E-state index is 11.6. The van der Waals surface area contributed by atoms with E-state index in [4.69, 9.17) is 23.7 Å². The Morgan fingerprint density at radius 1 is 1.18 bits per heavy atom. The van der Waals surface area contributed by atoms with E-state index in [1.54, 1.807) is 0 Å². The number of carbonyl (C=O) groups is 1. The van der Waals surface area contributed by atoms with Gasteiger partial charge in [-0.25, -0.2) is 0 Å². The van der Waals surface area contributed by atoms with Crippen LogP contribution in [-0.2, 0) is 28.5 Å². The lowest BCUT2D eigenvalue weighted by Gasteiger charge is -2.31. The predicted octanol–water partition coefficient (Wildman–Crippen LogP) is 1.61. The van der Waals surface area contributed by atoms with E-state index in [0.29, 0.717) is 13.0 Å². The van der Waals surface area contributed by atoms with E-state index >= 15 is 0 Å². The standard InChI is InChI=1S/C16H24O6/c1-9-19-8-13(20-9)16-10-6-14(17)21-11(10)7-12(16)22-15-4-2-3-5-18-15/h9-13,15-16H,2-8H2,1H3/t9?,10-,11-,12+,13?,15?,16+/m0/s1. The second-order valence-electron chi connectivity index (χ2n) is 6.76. The molecular formula is C16H24O6. The molecule has 0 aromatic rings. The van der Waals surface area contributed by atoms with Crippen LogP contribution in [0.15, 0.2) is 0 Å². The Balaban J connectivity index is 1.47. The van der Waals surface area contributed by atoms with Crippen LogP contribution in [0.5, 0.6) is 0 Å². The summed E-state index contributed by atoms with van der Waals surface area (Å²) >= 11 is 0. The van der Waals surface area contributed by atoms with E-state index in [1.807, 2.05) is 6.92 Å². The molecule has 4 fully saturated rings. The molecule has 0 bridgehead atoms. The molecule has 4 rings (SSSR count). The van der Waals surface area contributed by atoms with Gasteiger partial charge >= 0.3 is 5.97 Å². The zero-order chi connectivity index (χ0) is 15.1. The van der Waals surface area contributed by atoms with Gasteiger partial charge in [-0.15, -0.1) is 0 Å². The van der Waals surface area contributed by atoms with Crippen LogP contribution in [0.1, 0.15) is 39.0 Å². The summed E-state index contributed by atoms with van der Waals surface area (Å²) in [5, 5.41) is 0. The summed E-state index contributed by atoms with van der Waals surface area (Å²) in [6, 6.07) is 0. The summed E-state index contributed by atoms with van der Waals surface area (Å²) < 4.78 is 28.9. The summed E-state index contributed by atoms with van der Waals surface area (Å²) in [6.45, 7) is 3.24. The van der Waals surface area contributed by atoms with Gasteiger partial charge in [-0.05, 0) is 26.2 Å². The summed E-state index contributed by atoms with van der Waals surface area (Å²) in [5.41, 5.74) is 0.